The fraction of sp³-hybridized carbons (Fsp3) is 0.591. The van der Waals surface area contributed by atoms with Crippen LogP contribution in [0.15, 0.2) is 41.8 Å². The normalized spacial score (nSPS) is 27.7. The van der Waals surface area contributed by atoms with Gasteiger partial charge >= 0.3 is 0 Å². The van der Waals surface area contributed by atoms with E-state index in [4.69, 9.17) is 9.16 Å². The summed E-state index contributed by atoms with van der Waals surface area (Å²) >= 11 is 0. The first-order chi connectivity index (χ1) is 15.1. The molecule has 0 aromatic heterocycles. The molecule has 2 fully saturated rings. The Morgan fingerprint density at radius 2 is 1.94 bits per heavy atom. The zero-order chi connectivity index (χ0) is 24.8. The Morgan fingerprint density at radius 1 is 1.33 bits per heavy atom. The summed E-state index contributed by atoms with van der Waals surface area (Å²) in [6.07, 6.45) is 0.580. The van der Waals surface area contributed by atoms with Gasteiger partial charge in [-0.05, 0) is 36.7 Å². The van der Waals surface area contributed by atoms with Gasteiger partial charge in [-0.1, -0.05) is 26.8 Å². The lowest BCUT2D eigenvalue weighted by molar-refractivity contribution is -0.384. The van der Waals surface area contributed by atoms with E-state index in [2.05, 4.69) is 45.2 Å². The van der Waals surface area contributed by atoms with Crippen molar-refractivity contribution >= 4 is 29.8 Å². The van der Waals surface area contributed by atoms with Crippen LogP contribution in [-0.2, 0) is 24.0 Å². The highest BCUT2D eigenvalue weighted by atomic mass is 32.2. The van der Waals surface area contributed by atoms with Crippen LogP contribution in [0.5, 0.6) is 0 Å². The Kier molecular flexibility index (Phi) is 6.77. The number of carbonyl (C=O) groups is 1. The summed E-state index contributed by atoms with van der Waals surface area (Å²) in [4.78, 5) is 22.8. The van der Waals surface area contributed by atoms with Crippen LogP contribution in [0.3, 0.4) is 0 Å². The zero-order valence-electron chi connectivity index (χ0n) is 19.7. The smallest absolute Gasteiger partial charge is 0.269 e. The Labute approximate surface area is 195 Å². The van der Waals surface area contributed by atoms with Crippen LogP contribution in [0.2, 0.25) is 18.1 Å². The van der Waals surface area contributed by atoms with Gasteiger partial charge in [-0.3, -0.25) is 14.9 Å². The van der Waals surface area contributed by atoms with Crippen LogP contribution in [-0.4, -0.2) is 51.8 Å². The lowest BCUT2D eigenvalue weighted by Gasteiger charge is -2.43. The van der Waals surface area contributed by atoms with Gasteiger partial charge in [0.2, 0.25) is 10.0 Å². The van der Waals surface area contributed by atoms with Crippen LogP contribution in [0, 0.1) is 16.0 Å². The molecule has 182 valence electrons. The monoisotopic (exact) mass is 496 g/mol. The predicted octanol–water partition coefficient (Wildman–Crippen LogP) is 3.57. The molecule has 0 unspecified atom stereocenters. The van der Waals surface area contributed by atoms with E-state index in [9.17, 15) is 23.3 Å². The third kappa shape index (κ3) is 4.69. The molecule has 1 aromatic carbocycles. The molecule has 2 saturated heterocycles. The van der Waals surface area contributed by atoms with E-state index in [-0.39, 0.29) is 40.9 Å². The molecule has 4 atom stereocenters. The third-order valence-corrected chi connectivity index (χ3v) is 13.3. The Balaban J connectivity index is 1.96. The number of fused-ring (bicyclic) bond motifs is 2. The minimum atomic E-state index is -4.08. The first-order valence-electron chi connectivity index (χ1n) is 10.9. The van der Waals surface area contributed by atoms with Gasteiger partial charge < -0.3 is 9.16 Å². The van der Waals surface area contributed by atoms with Crippen molar-refractivity contribution in [3.05, 3.63) is 47.0 Å². The second-order valence-electron chi connectivity index (χ2n) is 10.3. The molecule has 2 aliphatic heterocycles. The van der Waals surface area contributed by atoms with Crippen molar-refractivity contribution < 1.29 is 27.3 Å². The number of Topliss-reactive ketones (excluding diaryl/α,β-unsaturated/α-hetero) is 1. The number of hydrogen-bond donors (Lipinski definition) is 1. The SMILES string of the molecule is C=CC[C@]1(NS(=O)(=O)c2ccc([N+](=O)[O-])cc2)[C@H]2CC(=O)[C@H](O2)[C@@H]1CO[Si](C)(C)C(C)(C)C. The summed E-state index contributed by atoms with van der Waals surface area (Å²) in [5, 5.41) is 10.9. The maximum absolute atomic E-state index is 13.3. The number of ketones is 1. The van der Waals surface area contributed by atoms with Gasteiger partial charge in [-0.15, -0.1) is 6.58 Å². The summed E-state index contributed by atoms with van der Waals surface area (Å²) in [7, 11) is -6.26. The average Bonchev–Trinajstić information content (AvgIpc) is 3.21. The summed E-state index contributed by atoms with van der Waals surface area (Å²) < 4.78 is 41.8. The first-order valence-corrected chi connectivity index (χ1v) is 15.3. The number of rotatable bonds is 9. The largest absolute Gasteiger partial charge is 0.416 e. The third-order valence-electron chi connectivity index (χ3n) is 7.21. The lowest BCUT2D eigenvalue weighted by atomic mass is 9.71. The maximum Gasteiger partial charge on any atom is 0.269 e. The number of benzene rings is 1. The molecule has 0 spiro atoms. The molecule has 3 rings (SSSR count). The molecule has 2 heterocycles. The van der Waals surface area contributed by atoms with Crippen LogP contribution in [0.1, 0.15) is 33.6 Å². The van der Waals surface area contributed by atoms with Crippen LogP contribution in [0.4, 0.5) is 5.69 Å². The molecular weight excluding hydrogens is 464 g/mol. The quantitative estimate of drug-likeness (QED) is 0.240. The molecule has 1 aromatic rings. The Bertz CT molecular complexity index is 1050. The van der Waals surface area contributed by atoms with Crippen LogP contribution < -0.4 is 4.72 Å². The summed E-state index contributed by atoms with van der Waals surface area (Å²) in [6.45, 7) is 14.5. The topological polar surface area (TPSA) is 125 Å². The van der Waals surface area contributed by atoms with Crippen molar-refractivity contribution in [2.75, 3.05) is 6.61 Å². The van der Waals surface area contributed by atoms with E-state index in [1.54, 1.807) is 6.08 Å². The molecule has 33 heavy (non-hydrogen) atoms. The average molecular weight is 497 g/mol. The second-order valence-corrected chi connectivity index (χ2v) is 16.8. The molecule has 0 saturated carbocycles. The predicted molar refractivity (Wildman–Crippen MR) is 126 cm³/mol. The molecular formula is C22H32N2O7SSi. The van der Waals surface area contributed by atoms with E-state index < -0.39 is 46.9 Å². The number of nitrogens with zero attached hydrogens (tertiary/aromatic N) is 1. The molecule has 2 bridgehead atoms. The fourth-order valence-electron chi connectivity index (χ4n) is 4.24. The van der Waals surface area contributed by atoms with Crippen molar-refractivity contribution in [3.8, 4) is 0 Å². The molecule has 1 N–H and O–H groups in total. The van der Waals surface area contributed by atoms with Gasteiger partial charge in [0.25, 0.3) is 5.69 Å². The maximum atomic E-state index is 13.3. The van der Waals surface area contributed by atoms with Gasteiger partial charge in [0.05, 0.1) is 21.5 Å². The van der Waals surface area contributed by atoms with Crippen LogP contribution in [0.25, 0.3) is 0 Å². The van der Waals surface area contributed by atoms with Crippen molar-refractivity contribution in [3.63, 3.8) is 0 Å². The lowest BCUT2D eigenvalue weighted by Crippen LogP contribution is -2.62. The molecule has 0 amide bonds. The number of carbonyl (C=O) groups excluding carboxylic acids is 1. The number of ether oxygens (including phenoxy) is 1. The molecule has 0 radical (unpaired) electrons. The Morgan fingerprint density at radius 3 is 2.45 bits per heavy atom. The fourth-order valence-corrected chi connectivity index (χ4v) is 6.75. The van der Waals surface area contributed by atoms with Gasteiger partial charge in [0.15, 0.2) is 14.1 Å². The molecule has 11 heteroatoms. The summed E-state index contributed by atoms with van der Waals surface area (Å²) in [5.41, 5.74) is -1.31. The Hall–Kier alpha value is -1.92. The highest BCUT2D eigenvalue weighted by molar-refractivity contribution is 7.89. The van der Waals surface area contributed by atoms with E-state index in [1.807, 2.05) is 0 Å². The number of nitrogens with one attached hydrogen (secondary N) is 1. The molecule has 0 aliphatic carbocycles. The number of non-ortho nitro benzene ring substituents is 1. The van der Waals surface area contributed by atoms with Gasteiger partial charge in [0, 0.05) is 31.1 Å². The van der Waals surface area contributed by atoms with Crippen molar-refractivity contribution in [1.29, 1.82) is 0 Å². The number of hydrogen-bond acceptors (Lipinski definition) is 7. The van der Waals surface area contributed by atoms with E-state index in [0.717, 1.165) is 12.1 Å². The van der Waals surface area contributed by atoms with Crippen LogP contribution >= 0.6 is 0 Å². The van der Waals surface area contributed by atoms with Gasteiger partial charge in [-0.25, -0.2) is 13.1 Å². The van der Waals surface area contributed by atoms with Crippen molar-refractivity contribution in [2.45, 2.75) is 74.4 Å². The summed E-state index contributed by atoms with van der Waals surface area (Å²) in [5.74, 6) is -0.582. The van der Waals surface area contributed by atoms with Crippen molar-refractivity contribution in [1.82, 2.24) is 4.72 Å². The number of nitro benzene ring substituents is 1. The minimum Gasteiger partial charge on any atom is -0.416 e. The van der Waals surface area contributed by atoms with Crippen molar-refractivity contribution in [2.24, 2.45) is 5.92 Å². The second kappa shape index (κ2) is 8.70. The van der Waals surface area contributed by atoms with E-state index in [1.165, 1.54) is 12.1 Å². The molecule has 9 nitrogen and oxygen atoms in total. The molecule has 2 aliphatic rings. The zero-order valence-corrected chi connectivity index (χ0v) is 21.5. The number of nitro groups is 1. The standard InChI is InChI=1S/C22H32N2O7SSi/c1-7-12-22(23-32(28,29)16-10-8-15(9-11-16)24(26)27)17(20-18(25)13-19(22)31-20)14-30-33(5,6)21(2,3)4/h7-11,17,19-20,23H,1,12-14H2,2-6H3/t17-,19+,20+,22+/m0/s1. The van der Waals surface area contributed by atoms with Gasteiger partial charge in [-0.2, -0.15) is 0 Å². The minimum absolute atomic E-state index is 0.0574. The van der Waals surface area contributed by atoms with E-state index >= 15 is 0 Å². The van der Waals surface area contributed by atoms with Gasteiger partial charge in [0.1, 0.15) is 6.10 Å². The first kappa shape index (κ1) is 25.7. The highest BCUT2D eigenvalue weighted by Gasteiger charge is 2.64. The highest BCUT2D eigenvalue weighted by Crippen LogP contribution is 2.48. The number of sulfonamides is 1. The summed E-state index contributed by atoms with van der Waals surface area (Å²) in [6, 6.07) is 4.69. The van der Waals surface area contributed by atoms with E-state index in [0.29, 0.717) is 0 Å².